The van der Waals surface area contributed by atoms with E-state index in [9.17, 15) is 0 Å². The van der Waals surface area contributed by atoms with Crippen molar-refractivity contribution in [2.75, 3.05) is 20.2 Å². The SMILES string of the molecule is COc1ccc(Br)cc1CN1CCCCC1. The number of benzene rings is 1. The molecule has 0 aromatic heterocycles. The van der Waals surface area contributed by atoms with E-state index in [0.29, 0.717) is 0 Å². The van der Waals surface area contributed by atoms with E-state index >= 15 is 0 Å². The fraction of sp³-hybridized carbons (Fsp3) is 0.538. The van der Waals surface area contributed by atoms with Gasteiger partial charge in [-0.3, -0.25) is 4.90 Å². The highest BCUT2D eigenvalue weighted by atomic mass is 79.9. The molecular weight excluding hydrogens is 266 g/mol. The fourth-order valence-electron chi connectivity index (χ4n) is 2.23. The normalized spacial score (nSPS) is 17.4. The van der Waals surface area contributed by atoms with Crippen LogP contribution in [0.25, 0.3) is 0 Å². The first-order valence-corrected chi connectivity index (χ1v) is 6.63. The van der Waals surface area contributed by atoms with Crippen LogP contribution < -0.4 is 4.74 Å². The predicted molar refractivity (Wildman–Crippen MR) is 69.8 cm³/mol. The minimum Gasteiger partial charge on any atom is -0.496 e. The van der Waals surface area contributed by atoms with Gasteiger partial charge in [-0.05, 0) is 44.1 Å². The van der Waals surface area contributed by atoms with Crippen molar-refractivity contribution in [2.24, 2.45) is 0 Å². The van der Waals surface area contributed by atoms with Gasteiger partial charge in [0, 0.05) is 16.6 Å². The second-order valence-corrected chi connectivity index (χ2v) is 5.21. The number of nitrogens with zero attached hydrogens (tertiary/aromatic N) is 1. The minimum atomic E-state index is 0.994. The van der Waals surface area contributed by atoms with Crippen molar-refractivity contribution in [3.63, 3.8) is 0 Å². The van der Waals surface area contributed by atoms with Crippen molar-refractivity contribution in [1.82, 2.24) is 4.90 Å². The molecule has 16 heavy (non-hydrogen) atoms. The number of halogens is 1. The van der Waals surface area contributed by atoms with Gasteiger partial charge in [0.15, 0.2) is 0 Å². The van der Waals surface area contributed by atoms with Crippen LogP contribution in [0.2, 0.25) is 0 Å². The fourth-order valence-corrected chi connectivity index (χ4v) is 2.64. The quantitative estimate of drug-likeness (QED) is 0.843. The van der Waals surface area contributed by atoms with Crippen molar-refractivity contribution < 1.29 is 4.74 Å². The average molecular weight is 284 g/mol. The minimum absolute atomic E-state index is 0.994. The van der Waals surface area contributed by atoms with Crippen LogP contribution in [-0.2, 0) is 6.54 Å². The molecule has 1 aromatic carbocycles. The topological polar surface area (TPSA) is 12.5 Å². The van der Waals surface area contributed by atoms with E-state index in [4.69, 9.17) is 4.74 Å². The summed E-state index contributed by atoms with van der Waals surface area (Å²) in [4.78, 5) is 2.51. The van der Waals surface area contributed by atoms with Crippen molar-refractivity contribution in [3.8, 4) is 5.75 Å². The summed E-state index contributed by atoms with van der Waals surface area (Å²) in [5.74, 6) is 0.994. The Morgan fingerprint density at radius 3 is 2.69 bits per heavy atom. The van der Waals surface area contributed by atoms with Gasteiger partial charge in [0.05, 0.1) is 7.11 Å². The molecule has 0 bridgehead atoms. The Labute approximate surface area is 106 Å². The van der Waals surface area contributed by atoms with E-state index < -0.39 is 0 Å². The molecule has 1 aliphatic heterocycles. The van der Waals surface area contributed by atoms with Crippen molar-refractivity contribution in [3.05, 3.63) is 28.2 Å². The maximum atomic E-state index is 5.39. The van der Waals surface area contributed by atoms with Crippen LogP contribution in [0.4, 0.5) is 0 Å². The Morgan fingerprint density at radius 2 is 2.00 bits per heavy atom. The lowest BCUT2D eigenvalue weighted by Crippen LogP contribution is -2.29. The molecule has 0 radical (unpaired) electrons. The number of piperidine rings is 1. The van der Waals surface area contributed by atoms with E-state index in [0.717, 1.165) is 16.8 Å². The molecule has 1 saturated heterocycles. The molecule has 3 heteroatoms. The Kier molecular flexibility index (Phi) is 4.24. The Morgan fingerprint density at radius 1 is 1.25 bits per heavy atom. The van der Waals surface area contributed by atoms with Crippen LogP contribution in [-0.4, -0.2) is 25.1 Å². The zero-order valence-corrected chi connectivity index (χ0v) is 11.3. The van der Waals surface area contributed by atoms with E-state index in [2.05, 4.69) is 26.9 Å². The first kappa shape index (κ1) is 11.9. The number of hydrogen-bond donors (Lipinski definition) is 0. The van der Waals surface area contributed by atoms with E-state index in [1.54, 1.807) is 7.11 Å². The summed E-state index contributed by atoms with van der Waals surface area (Å²) in [6.45, 7) is 3.44. The number of hydrogen-bond acceptors (Lipinski definition) is 2. The molecule has 0 amide bonds. The first-order valence-electron chi connectivity index (χ1n) is 5.84. The van der Waals surface area contributed by atoms with Gasteiger partial charge in [-0.25, -0.2) is 0 Å². The first-order chi connectivity index (χ1) is 7.79. The maximum Gasteiger partial charge on any atom is 0.123 e. The molecule has 1 aliphatic rings. The highest BCUT2D eigenvalue weighted by Crippen LogP contribution is 2.25. The average Bonchev–Trinajstić information content (AvgIpc) is 2.31. The molecule has 0 spiro atoms. The largest absolute Gasteiger partial charge is 0.496 e. The van der Waals surface area contributed by atoms with Gasteiger partial charge in [0.1, 0.15) is 5.75 Å². The summed E-state index contributed by atoms with van der Waals surface area (Å²) in [7, 11) is 1.74. The Hall–Kier alpha value is -0.540. The van der Waals surface area contributed by atoms with Gasteiger partial charge in [-0.2, -0.15) is 0 Å². The number of likely N-dealkylation sites (tertiary alicyclic amines) is 1. The number of methoxy groups -OCH3 is 1. The van der Waals surface area contributed by atoms with Gasteiger partial charge in [0.2, 0.25) is 0 Å². The van der Waals surface area contributed by atoms with E-state index in [1.807, 2.05) is 12.1 Å². The maximum absolute atomic E-state index is 5.39. The molecule has 88 valence electrons. The third kappa shape index (κ3) is 2.98. The number of ether oxygens (including phenoxy) is 1. The van der Waals surface area contributed by atoms with Gasteiger partial charge < -0.3 is 4.74 Å². The molecule has 2 nitrogen and oxygen atoms in total. The zero-order valence-electron chi connectivity index (χ0n) is 9.71. The van der Waals surface area contributed by atoms with Gasteiger partial charge in [-0.1, -0.05) is 22.4 Å². The van der Waals surface area contributed by atoms with Crippen molar-refractivity contribution in [2.45, 2.75) is 25.8 Å². The van der Waals surface area contributed by atoms with Crippen LogP contribution >= 0.6 is 15.9 Å². The molecule has 1 aromatic rings. The molecule has 1 heterocycles. The van der Waals surface area contributed by atoms with E-state index in [1.165, 1.54) is 37.9 Å². The highest BCUT2D eigenvalue weighted by molar-refractivity contribution is 9.10. The van der Waals surface area contributed by atoms with Gasteiger partial charge >= 0.3 is 0 Å². The highest BCUT2D eigenvalue weighted by Gasteiger charge is 2.13. The molecule has 1 fully saturated rings. The summed E-state index contributed by atoms with van der Waals surface area (Å²) in [6, 6.07) is 6.22. The standard InChI is InChI=1S/C13H18BrNO/c1-16-13-6-5-12(14)9-11(13)10-15-7-3-2-4-8-15/h5-6,9H,2-4,7-8,10H2,1H3. The third-order valence-corrected chi connectivity index (χ3v) is 3.58. The molecule has 0 saturated carbocycles. The van der Waals surface area contributed by atoms with Crippen LogP contribution in [0.1, 0.15) is 24.8 Å². The van der Waals surface area contributed by atoms with Crippen molar-refractivity contribution >= 4 is 15.9 Å². The van der Waals surface area contributed by atoms with Crippen LogP contribution in [0.15, 0.2) is 22.7 Å². The lowest BCUT2D eigenvalue weighted by molar-refractivity contribution is 0.218. The summed E-state index contributed by atoms with van der Waals surface area (Å²) in [5, 5.41) is 0. The van der Waals surface area contributed by atoms with Gasteiger partial charge in [0.25, 0.3) is 0 Å². The monoisotopic (exact) mass is 283 g/mol. The third-order valence-electron chi connectivity index (χ3n) is 3.09. The second-order valence-electron chi connectivity index (χ2n) is 4.29. The summed E-state index contributed by atoms with van der Waals surface area (Å²) >= 11 is 3.52. The molecule has 0 N–H and O–H groups in total. The molecule has 0 unspecified atom stereocenters. The zero-order chi connectivity index (χ0) is 11.4. The Balaban J connectivity index is 2.09. The summed E-state index contributed by atoms with van der Waals surface area (Å²) in [5.41, 5.74) is 1.28. The summed E-state index contributed by atoms with van der Waals surface area (Å²) < 4.78 is 6.52. The van der Waals surface area contributed by atoms with Crippen molar-refractivity contribution in [1.29, 1.82) is 0 Å². The summed E-state index contributed by atoms with van der Waals surface area (Å²) in [6.07, 6.45) is 4.04. The molecule has 0 atom stereocenters. The number of rotatable bonds is 3. The Bertz CT molecular complexity index is 348. The molecule has 0 aliphatic carbocycles. The van der Waals surface area contributed by atoms with E-state index in [-0.39, 0.29) is 0 Å². The van der Waals surface area contributed by atoms with Crippen LogP contribution in [0.3, 0.4) is 0 Å². The predicted octanol–water partition coefficient (Wildman–Crippen LogP) is 3.44. The smallest absolute Gasteiger partial charge is 0.123 e. The van der Waals surface area contributed by atoms with Crippen LogP contribution in [0, 0.1) is 0 Å². The molecule has 2 rings (SSSR count). The lowest BCUT2D eigenvalue weighted by Gasteiger charge is -2.27. The van der Waals surface area contributed by atoms with Crippen LogP contribution in [0.5, 0.6) is 5.75 Å². The lowest BCUT2D eigenvalue weighted by atomic mass is 10.1. The van der Waals surface area contributed by atoms with Gasteiger partial charge in [-0.15, -0.1) is 0 Å². The molecular formula is C13H18BrNO. The second kappa shape index (κ2) is 5.69.